The van der Waals surface area contributed by atoms with Gasteiger partial charge >= 0.3 is 0 Å². The van der Waals surface area contributed by atoms with Crippen molar-refractivity contribution < 1.29 is 0 Å². The minimum absolute atomic E-state index is 0.116. The summed E-state index contributed by atoms with van der Waals surface area (Å²) in [5.41, 5.74) is 10.2. The number of aromatic nitrogens is 1. The minimum Gasteiger partial charge on any atom is -0.389 e. The van der Waals surface area contributed by atoms with Crippen molar-refractivity contribution in [3.63, 3.8) is 0 Å². The summed E-state index contributed by atoms with van der Waals surface area (Å²) in [4.78, 5) is 0.116. The highest BCUT2D eigenvalue weighted by molar-refractivity contribution is 7.80. The van der Waals surface area contributed by atoms with Crippen molar-refractivity contribution >= 4 is 23.3 Å². The van der Waals surface area contributed by atoms with Crippen molar-refractivity contribution in [1.29, 1.82) is 5.26 Å². The normalized spacial score (nSPS) is 11.2. The van der Waals surface area contributed by atoms with Crippen LogP contribution in [0, 0.1) is 18.3 Å². The van der Waals surface area contributed by atoms with E-state index < -0.39 is 0 Å². The van der Waals surface area contributed by atoms with Gasteiger partial charge in [-0.1, -0.05) is 42.0 Å². The van der Waals surface area contributed by atoms with Crippen LogP contribution in [-0.4, -0.2) is 9.56 Å². The molecule has 20 heavy (non-hydrogen) atoms. The molecule has 0 saturated heterocycles. The molecule has 1 aromatic carbocycles. The Morgan fingerprint density at radius 2 is 1.90 bits per heavy atom. The molecule has 1 heterocycles. The van der Waals surface area contributed by atoms with Crippen LogP contribution in [0.25, 0.3) is 17.3 Å². The number of rotatable bonds is 3. The Balaban J connectivity index is 2.44. The number of benzene rings is 1. The lowest BCUT2D eigenvalue weighted by Crippen LogP contribution is -2.10. The Bertz CT molecular complexity index is 715. The van der Waals surface area contributed by atoms with Crippen LogP contribution in [0.1, 0.15) is 11.3 Å². The van der Waals surface area contributed by atoms with Crippen LogP contribution in [-0.2, 0) is 7.05 Å². The molecule has 4 heteroatoms. The fraction of sp³-hybridized carbons (Fsp3) is 0.125. The van der Waals surface area contributed by atoms with E-state index in [2.05, 4.69) is 31.2 Å². The van der Waals surface area contributed by atoms with E-state index in [4.69, 9.17) is 23.2 Å². The molecule has 0 saturated carbocycles. The van der Waals surface area contributed by atoms with Gasteiger partial charge in [0.1, 0.15) is 11.1 Å². The zero-order chi connectivity index (χ0) is 14.7. The molecule has 0 bridgehead atoms. The maximum Gasteiger partial charge on any atom is 0.114 e. The Labute approximate surface area is 123 Å². The summed E-state index contributed by atoms with van der Waals surface area (Å²) in [6.07, 6.45) is 1.71. The topological polar surface area (TPSA) is 54.7 Å². The molecule has 0 atom stereocenters. The molecule has 0 aliphatic carbocycles. The van der Waals surface area contributed by atoms with E-state index in [-0.39, 0.29) is 4.99 Å². The van der Waals surface area contributed by atoms with E-state index in [9.17, 15) is 0 Å². The van der Waals surface area contributed by atoms with Crippen molar-refractivity contribution in [2.45, 2.75) is 6.92 Å². The smallest absolute Gasteiger partial charge is 0.114 e. The number of aryl methyl sites for hydroxylation is 1. The highest BCUT2D eigenvalue weighted by atomic mass is 32.1. The van der Waals surface area contributed by atoms with Crippen LogP contribution in [0.3, 0.4) is 0 Å². The second-order valence-corrected chi connectivity index (χ2v) is 5.04. The number of nitriles is 1. The molecule has 2 aromatic rings. The van der Waals surface area contributed by atoms with E-state index in [1.165, 1.54) is 5.56 Å². The second kappa shape index (κ2) is 5.72. The van der Waals surface area contributed by atoms with Gasteiger partial charge in [-0.25, -0.2) is 0 Å². The maximum absolute atomic E-state index is 9.01. The number of hydrogen-bond donors (Lipinski definition) is 1. The molecule has 0 radical (unpaired) electrons. The molecule has 0 spiro atoms. The number of nitrogens with zero attached hydrogens (tertiary/aromatic N) is 2. The highest BCUT2D eigenvalue weighted by Crippen LogP contribution is 2.23. The van der Waals surface area contributed by atoms with Crippen LogP contribution in [0.4, 0.5) is 0 Å². The Morgan fingerprint density at radius 3 is 2.45 bits per heavy atom. The maximum atomic E-state index is 9.01. The summed E-state index contributed by atoms with van der Waals surface area (Å²) in [5, 5.41) is 9.01. The van der Waals surface area contributed by atoms with Crippen molar-refractivity contribution in [3.8, 4) is 17.3 Å². The van der Waals surface area contributed by atoms with Crippen molar-refractivity contribution in [1.82, 2.24) is 4.57 Å². The van der Waals surface area contributed by atoms with Gasteiger partial charge in [0, 0.05) is 18.4 Å². The molecule has 100 valence electrons. The SMILES string of the molecule is Cc1ccc(-c2ccc(/C=C(\C#N)C(N)=S)n2C)cc1. The highest BCUT2D eigenvalue weighted by Gasteiger charge is 2.07. The first kappa shape index (κ1) is 14.0. The molecule has 3 nitrogen and oxygen atoms in total. The first-order valence-corrected chi connectivity index (χ1v) is 6.58. The summed E-state index contributed by atoms with van der Waals surface area (Å²) >= 11 is 4.85. The zero-order valence-corrected chi connectivity index (χ0v) is 12.2. The monoisotopic (exact) mass is 281 g/mol. The van der Waals surface area contributed by atoms with Gasteiger partial charge < -0.3 is 10.3 Å². The van der Waals surface area contributed by atoms with Crippen molar-refractivity contribution in [3.05, 3.63) is 53.2 Å². The molecule has 1 aromatic heterocycles. The van der Waals surface area contributed by atoms with Crippen LogP contribution in [0.2, 0.25) is 0 Å². The third-order valence-electron chi connectivity index (χ3n) is 3.19. The van der Waals surface area contributed by atoms with Gasteiger partial charge in [-0.05, 0) is 30.7 Å². The lowest BCUT2D eigenvalue weighted by molar-refractivity contribution is 0.923. The van der Waals surface area contributed by atoms with Crippen LogP contribution in [0.15, 0.2) is 42.0 Å². The number of hydrogen-bond acceptors (Lipinski definition) is 2. The molecule has 0 fully saturated rings. The van der Waals surface area contributed by atoms with E-state index in [1.807, 2.05) is 29.8 Å². The van der Waals surface area contributed by atoms with Crippen LogP contribution < -0.4 is 5.73 Å². The molecular weight excluding hydrogens is 266 g/mol. The molecule has 0 unspecified atom stereocenters. The molecule has 0 aliphatic heterocycles. The molecule has 0 amide bonds. The van der Waals surface area contributed by atoms with Gasteiger partial charge in [0.05, 0.1) is 5.57 Å². The Morgan fingerprint density at radius 1 is 1.25 bits per heavy atom. The van der Waals surface area contributed by atoms with Gasteiger partial charge in [-0.3, -0.25) is 0 Å². The summed E-state index contributed by atoms with van der Waals surface area (Å²) < 4.78 is 2.01. The second-order valence-electron chi connectivity index (χ2n) is 4.60. The summed E-state index contributed by atoms with van der Waals surface area (Å²) in [6.45, 7) is 2.06. The first-order valence-electron chi connectivity index (χ1n) is 6.17. The van der Waals surface area contributed by atoms with Gasteiger partial charge in [-0.15, -0.1) is 0 Å². The molecular formula is C16H15N3S. The van der Waals surface area contributed by atoms with E-state index >= 15 is 0 Å². The van der Waals surface area contributed by atoms with E-state index in [0.29, 0.717) is 5.57 Å². The van der Waals surface area contributed by atoms with Gasteiger partial charge in [0.15, 0.2) is 0 Å². The predicted octanol–water partition coefficient (Wildman–Crippen LogP) is 3.19. The van der Waals surface area contributed by atoms with Crippen LogP contribution >= 0.6 is 12.2 Å². The van der Waals surface area contributed by atoms with E-state index in [0.717, 1.165) is 17.0 Å². The van der Waals surface area contributed by atoms with Crippen LogP contribution in [0.5, 0.6) is 0 Å². The Hall–Kier alpha value is -2.38. The largest absolute Gasteiger partial charge is 0.389 e. The average molecular weight is 281 g/mol. The fourth-order valence-electron chi connectivity index (χ4n) is 1.99. The van der Waals surface area contributed by atoms with Gasteiger partial charge in [-0.2, -0.15) is 5.26 Å². The molecule has 2 N–H and O–H groups in total. The standard InChI is InChI=1S/C16H15N3S/c1-11-3-5-12(6-4-11)15-8-7-14(19(15)2)9-13(10-17)16(18)20/h3-9H,1-2H3,(H2,18,20)/b13-9+. The quantitative estimate of drug-likeness (QED) is 0.534. The number of nitrogens with two attached hydrogens (primary N) is 1. The summed E-state index contributed by atoms with van der Waals surface area (Å²) in [7, 11) is 1.95. The minimum atomic E-state index is 0.116. The third kappa shape index (κ3) is 2.79. The zero-order valence-electron chi connectivity index (χ0n) is 11.4. The molecule has 2 rings (SSSR count). The van der Waals surface area contributed by atoms with E-state index in [1.54, 1.807) is 6.08 Å². The van der Waals surface area contributed by atoms with Crippen molar-refractivity contribution in [2.24, 2.45) is 12.8 Å². The summed E-state index contributed by atoms with van der Waals surface area (Å²) in [5.74, 6) is 0. The van der Waals surface area contributed by atoms with Gasteiger partial charge in [0.2, 0.25) is 0 Å². The summed E-state index contributed by atoms with van der Waals surface area (Å²) in [6, 6.07) is 14.3. The number of thiocarbonyl (C=S) groups is 1. The van der Waals surface area contributed by atoms with Crippen molar-refractivity contribution in [2.75, 3.05) is 0 Å². The first-order chi connectivity index (χ1) is 9.52. The molecule has 0 aliphatic rings. The van der Waals surface area contributed by atoms with Gasteiger partial charge in [0.25, 0.3) is 0 Å². The third-order valence-corrected chi connectivity index (χ3v) is 3.41. The fourth-order valence-corrected chi connectivity index (χ4v) is 2.10. The predicted molar refractivity (Wildman–Crippen MR) is 86.0 cm³/mol. The lowest BCUT2D eigenvalue weighted by atomic mass is 10.1. The lowest BCUT2D eigenvalue weighted by Gasteiger charge is -2.06. The average Bonchev–Trinajstić information content (AvgIpc) is 2.78. The Kier molecular flexibility index (Phi) is 4.02.